The number of carbonyl (C=O) groups is 5. The molecule has 1 heterocycles. The van der Waals surface area contributed by atoms with E-state index in [4.69, 9.17) is 30.5 Å². The minimum absolute atomic E-state index is 0.0856. The van der Waals surface area contributed by atoms with Gasteiger partial charge in [0.05, 0.1) is 16.9 Å². The van der Waals surface area contributed by atoms with Crippen molar-refractivity contribution in [3.05, 3.63) is 11.8 Å². The van der Waals surface area contributed by atoms with E-state index in [1.807, 2.05) is 20.8 Å². The predicted molar refractivity (Wildman–Crippen MR) is 166 cm³/mol. The Balaban J connectivity index is 1.65. The zero-order chi connectivity index (χ0) is 35.8. The Kier molecular flexibility index (Phi) is 8.07. The second-order valence-corrected chi connectivity index (χ2v) is 16.6. The van der Waals surface area contributed by atoms with Gasteiger partial charge in [0.1, 0.15) is 30.2 Å². The molecule has 6 aliphatic rings. The van der Waals surface area contributed by atoms with E-state index < -0.39 is 129 Å². The lowest BCUT2D eigenvalue weighted by atomic mass is 9.39. The van der Waals surface area contributed by atoms with Crippen LogP contribution in [-0.4, -0.2) is 86.5 Å². The maximum Gasteiger partial charge on any atom is 0.343 e. The van der Waals surface area contributed by atoms with E-state index in [1.54, 1.807) is 19.9 Å². The van der Waals surface area contributed by atoms with Gasteiger partial charge >= 0.3 is 23.9 Å². The molecule has 1 saturated heterocycles. The number of fused-ring (bicyclic) bond motifs is 9. The lowest BCUT2D eigenvalue weighted by molar-refractivity contribution is -0.258. The highest BCUT2D eigenvalue weighted by Gasteiger charge is 2.82. The van der Waals surface area contributed by atoms with Gasteiger partial charge in [-0.1, -0.05) is 27.7 Å². The summed E-state index contributed by atoms with van der Waals surface area (Å²) in [7, 11) is 0. The molecule has 13 heteroatoms. The number of hydrogen-bond donors (Lipinski definition) is 3. The van der Waals surface area contributed by atoms with E-state index in [1.165, 1.54) is 27.7 Å². The minimum Gasteiger partial charge on any atom is -0.462 e. The molecule has 5 aliphatic carbocycles. The van der Waals surface area contributed by atoms with Crippen LogP contribution in [0.5, 0.6) is 0 Å². The van der Waals surface area contributed by atoms with E-state index in [9.17, 15) is 39.3 Å². The fraction of sp³-hybridized carbons (Fsp3) is 0.800. The zero-order valence-electron chi connectivity index (χ0n) is 28.8. The predicted octanol–water partition coefficient (Wildman–Crippen LogP) is 2.32. The van der Waals surface area contributed by atoms with Crippen LogP contribution >= 0.6 is 11.6 Å². The largest absolute Gasteiger partial charge is 0.462 e. The number of hydrogen-bond acceptors (Lipinski definition) is 12. The van der Waals surface area contributed by atoms with Gasteiger partial charge in [-0.2, -0.15) is 0 Å². The topological polar surface area (TPSA) is 183 Å². The Morgan fingerprint density at radius 1 is 0.854 bits per heavy atom. The molecule has 0 aromatic rings. The van der Waals surface area contributed by atoms with Crippen LogP contribution in [-0.2, 0) is 42.9 Å². The van der Waals surface area contributed by atoms with Crippen molar-refractivity contribution in [2.45, 2.75) is 110 Å². The lowest BCUT2D eigenvalue weighted by Crippen LogP contribution is -2.73. The Morgan fingerprint density at radius 3 is 1.98 bits per heavy atom. The summed E-state index contributed by atoms with van der Waals surface area (Å²) >= 11 is 6.81. The van der Waals surface area contributed by atoms with Crippen molar-refractivity contribution in [2.75, 3.05) is 0 Å². The van der Waals surface area contributed by atoms with Crippen LogP contribution in [0, 0.1) is 63.6 Å². The number of esters is 4. The molecule has 0 unspecified atom stereocenters. The maximum atomic E-state index is 14.4. The summed E-state index contributed by atoms with van der Waals surface area (Å²) in [5.74, 6) is -8.81. The summed E-state index contributed by atoms with van der Waals surface area (Å²) < 4.78 is 24.0. The van der Waals surface area contributed by atoms with Gasteiger partial charge < -0.3 is 34.3 Å². The average Bonchev–Trinajstić information content (AvgIpc) is 3.33. The molecule has 5 fully saturated rings. The van der Waals surface area contributed by atoms with Gasteiger partial charge in [0, 0.05) is 55.3 Å². The fourth-order valence-corrected chi connectivity index (χ4v) is 12.6. The average molecular weight is 695 g/mol. The number of carbonyl (C=O) groups excluding carboxylic acids is 5. The number of allylic oxidation sites excluding steroid dienone is 1. The first-order valence-electron chi connectivity index (χ1n) is 16.8. The molecule has 1 aliphatic heterocycles. The molecular weight excluding hydrogens is 648 g/mol. The molecule has 0 spiro atoms. The summed E-state index contributed by atoms with van der Waals surface area (Å²) in [6, 6.07) is 0. The van der Waals surface area contributed by atoms with Gasteiger partial charge in [-0.3, -0.25) is 19.2 Å². The monoisotopic (exact) mass is 694 g/mol. The second kappa shape index (κ2) is 11.0. The third-order valence-corrected chi connectivity index (χ3v) is 14.4. The maximum absolute atomic E-state index is 14.4. The SMILES string of the molecule is CC(=O)O[C@@H]1[C@H]2[C@H]3[C@H]([C@H](C)[C@H](OC(C)=O)[C@]2(C)[C@@H]2[C@@H]1[C@]1(C)C(=C[C@H]2C)OC(=O)[C@@]1(C)O)[C@]1(C)[C@H](C[C@@H](O)[C@H](Cl)[C@@H]1OC(C)=O)C(=O)[C@@H]3O. The van der Waals surface area contributed by atoms with Crippen molar-refractivity contribution in [2.24, 2.45) is 63.6 Å². The van der Waals surface area contributed by atoms with Crippen LogP contribution in [0.1, 0.15) is 68.7 Å². The first kappa shape index (κ1) is 35.3. The van der Waals surface area contributed by atoms with E-state index in [2.05, 4.69) is 0 Å². The van der Waals surface area contributed by atoms with Crippen LogP contribution in [0.2, 0.25) is 0 Å². The molecule has 18 atom stereocenters. The summed E-state index contributed by atoms with van der Waals surface area (Å²) in [4.78, 5) is 66.1. The van der Waals surface area contributed by atoms with E-state index in [-0.39, 0.29) is 18.1 Å². The highest BCUT2D eigenvalue weighted by atomic mass is 35.5. The van der Waals surface area contributed by atoms with Crippen molar-refractivity contribution in [3.63, 3.8) is 0 Å². The number of ether oxygens (including phenoxy) is 4. The van der Waals surface area contributed by atoms with Gasteiger partial charge in [-0.15, -0.1) is 11.6 Å². The molecule has 0 amide bonds. The molecule has 3 N–H and O–H groups in total. The van der Waals surface area contributed by atoms with Gasteiger partial charge in [0.2, 0.25) is 0 Å². The lowest BCUT2D eigenvalue weighted by Gasteiger charge is -2.66. The fourth-order valence-electron chi connectivity index (χ4n) is 12.2. The van der Waals surface area contributed by atoms with Crippen molar-refractivity contribution < 1.29 is 58.2 Å². The molecule has 0 radical (unpaired) electrons. The molecule has 266 valence electrons. The van der Waals surface area contributed by atoms with Crippen LogP contribution in [0.4, 0.5) is 0 Å². The normalized spacial score (nSPS) is 53.6. The third-order valence-electron chi connectivity index (χ3n) is 13.9. The van der Waals surface area contributed by atoms with Gasteiger partial charge in [-0.25, -0.2) is 4.79 Å². The van der Waals surface area contributed by atoms with Gasteiger partial charge in [-0.05, 0) is 50.0 Å². The molecular formula is C35H47ClO12. The summed E-state index contributed by atoms with van der Waals surface area (Å²) in [6.45, 7) is 14.3. The smallest absolute Gasteiger partial charge is 0.343 e. The quantitative estimate of drug-likeness (QED) is 0.223. The summed E-state index contributed by atoms with van der Waals surface area (Å²) in [6.07, 6.45) is -4.27. The third kappa shape index (κ3) is 4.21. The Hall–Kier alpha value is -2.54. The van der Waals surface area contributed by atoms with E-state index in [0.29, 0.717) is 0 Å². The molecule has 6 rings (SSSR count). The van der Waals surface area contributed by atoms with E-state index >= 15 is 0 Å². The number of Topliss-reactive ketones (excluding diaryl/α,β-unsaturated/α-hetero) is 1. The first-order valence-corrected chi connectivity index (χ1v) is 17.3. The zero-order valence-corrected chi connectivity index (χ0v) is 29.5. The number of ketones is 1. The highest BCUT2D eigenvalue weighted by Crippen LogP contribution is 2.76. The molecule has 0 aromatic heterocycles. The molecule has 0 aromatic carbocycles. The minimum atomic E-state index is -2.05. The number of aliphatic hydroxyl groups excluding tert-OH is 2. The molecule has 4 saturated carbocycles. The Bertz CT molecular complexity index is 1490. The van der Waals surface area contributed by atoms with E-state index in [0.717, 1.165) is 0 Å². The molecule has 12 nitrogen and oxygen atoms in total. The Labute approximate surface area is 284 Å². The van der Waals surface area contributed by atoms with Crippen LogP contribution in [0.15, 0.2) is 11.8 Å². The summed E-state index contributed by atoms with van der Waals surface area (Å²) in [5.41, 5.74) is -5.81. The molecule has 0 bridgehead atoms. The summed E-state index contributed by atoms with van der Waals surface area (Å²) in [5, 5.41) is 33.9. The van der Waals surface area contributed by atoms with Gasteiger partial charge in [0.25, 0.3) is 0 Å². The number of aliphatic hydroxyl groups is 3. The van der Waals surface area contributed by atoms with Gasteiger partial charge in [0.15, 0.2) is 11.4 Å². The van der Waals surface area contributed by atoms with Crippen molar-refractivity contribution in [1.82, 2.24) is 0 Å². The number of alkyl halides is 1. The highest BCUT2D eigenvalue weighted by molar-refractivity contribution is 6.21. The number of halogens is 1. The van der Waals surface area contributed by atoms with Crippen molar-refractivity contribution in [1.29, 1.82) is 0 Å². The second-order valence-electron chi connectivity index (χ2n) is 16.1. The first-order chi connectivity index (χ1) is 22.1. The molecule has 48 heavy (non-hydrogen) atoms. The Morgan fingerprint density at radius 2 is 1.42 bits per heavy atom. The van der Waals surface area contributed by atoms with Crippen LogP contribution < -0.4 is 0 Å². The standard InChI is InChI=1S/C35H47ClO12/c1-12-10-19-34(8,35(9,44)31(43)48-19)24-21(12)33(7)23(28(24)45-14(3)37)20-22(13(2)29(33)46-15(4)38)32(6)17(26(41)27(20)42)11-18(40)25(36)30(32)47-16(5)39/h10,12-13,17-18,20-25,27-30,40,42,44H,11H2,1-9H3/t12-,13+,17-,18-,20-,21+,22+,23-,24+,25+,27-,28-,29+,30+,32+,33-,34+,35-/m1/s1. The van der Waals surface area contributed by atoms with Crippen LogP contribution in [0.25, 0.3) is 0 Å². The van der Waals surface area contributed by atoms with Crippen LogP contribution in [0.3, 0.4) is 0 Å². The van der Waals surface area contributed by atoms with Crippen molar-refractivity contribution >= 4 is 41.3 Å². The van der Waals surface area contributed by atoms with Crippen molar-refractivity contribution in [3.8, 4) is 0 Å². The number of rotatable bonds is 3.